The second-order valence-corrected chi connectivity index (χ2v) is 4.10. The number of rotatable bonds is 7. The molecular formula is C6H10Na3O9P. The van der Waals surface area contributed by atoms with Gasteiger partial charge in [-0.1, -0.05) is 0 Å². The van der Waals surface area contributed by atoms with Crippen LogP contribution in [-0.4, -0.2) is 46.2 Å². The first-order valence-corrected chi connectivity index (χ1v) is 5.50. The van der Waals surface area contributed by atoms with Crippen LogP contribution in [-0.2, 0) is 13.9 Å². The largest absolute Gasteiger partial charge is 1.00 e. The Morgan fingerprint density at radius 1 is 1.11 bits per heavy atom. The summed E-state index contributed by atoms with van der Waals surface area (Å²) in [6.45, 7) is -1.07. The molecule has 9 nitrogen and oxygen atoms in total. The molecule has 0 aromatic rings. The van der Waals surface area contributed by atoms with E-state index in [-0.39, 0.29) is 88.7 Å². The fourth-order valence-corrected chi connectivity index (χ4v) is 1.15. The van der Waals surface area contributed by atoms with Gasteiger partial charge in [0, 0.05) is 12.4 Å². The Balaban J connectivity index is -0.000000375. The SMILES string of the molecule is O=C([O-])C[C@@H](O)[C@H](O)[C@H](O)COP(=O)([O-])[O-].[Na+].[Na+].[Na+]. The number of carboxylic acids is 1. The van der Waals surface area contributed by atoms with Gasteiger partial charge in [-0.3, -0.25) is 0 Å². The van der Waals surface area contributed by atoms with Gasteiger partial charge >= 0.3 is 88.7 Å². The predicted octanol–water partition coefficient (Wildman–Crippen LogP) is -13.9. The van der Waals surface area contributed by atoms with Crippen LogP contribution in [0.2, 0.25) is 0 Å². The van der Waals surface area contributed by atoms with Gasteiger partial charge in [0.15, 0.2) is 0 Å². The second-order valence-electron chi connectivity index (χ2n) is 2.94. The van der Waals surface area contributed by atoms with Crippen LogP contribution in [0.15, 0.2) is 0 Å². The maximum absolute atomic E-state index is 10.0. The summed E-state index contributed by atoms with van der Waals surface area (Å²) in [7, 11) is -5.30. The van der Waals surface area contributed by atoms with Crippen LogP contribution in [0, 0.1) is 0 Å². The van der Waals surface area contributed by atoms with E-state index in [4.69, 9.17) is 15.3 Å². The van der Waals surface area contributed by atoms with Gasteiger partial charge < -0.3 is 44.1 Å². The first-order valence-electron chi connectivity index (χ1n) is 4.04. The van der Waals surface area contributed by atoms with Gasteiger partial charge in [-0.05, 0) is 0 Å². The van der Waals surface area contributed by atoms with Crippen molar-refractivity contribution in [2.24, 2.45) is 0 Å². The third-order valence-corrected chi connectivity index (χ3v) is 2.03. The summed E-state index contributed by atoms with van der Waals surface area (Å²) in [6.07, 6.45) is -6.69. The number of phosphoric ester groups is 1. The molecule has 3 atom stereocenters. The van der Waals surface area contributed by atoms with E-state index in [0.717, 1.165) is 0 Å². The number of hydrogen-bond donors (Lipinski definition) is 3. The molecule has 0 rings (SSSR count). The second kappa shape index (κ2) is 14.1. The number of carboxylic acid groups (broad SMARTS) is 1. The molecule has 96 valence electrons. The van der Waals surface area contributed by atoms with Gasteiger partial charge in [-0.25, -0.2) is 0 Å². The van der Waals surface area contributed by atoms with Gasteiger partial charge in [0.05, 0.1) is 20.5 Å². The molecule has 0 aromatic carbocycles. The van der Waals surface area contributed by atoms with E-state index in [1.807, 2.05) is 0 Å². The van der Waals surface area contributed by atoms with E-state index < -0.39 is 45.1 Å². The molecule has 0 aliphatic carbocycles. The molecule has 0 aliphatic heterocycles. The van der Waals surface area contributed by atoms with Crippen LogP contribution >= 0.6 is 7.82 Å². The summed E-state index contributed by atoms with van der Waals surface area (Å²) in [5.41, 5.74) is 0. The minimum atomic E-state index is -5.30. The Kier molecular flexibility index (Phi) is 21.8. The molecule has 0 aromatic heterocycles. The standard InChI is InChI=1S/C6H13O9P.3Na/c7-3(1-5(9)10)6(11)4(8)2-15-16(12,13)14;;;/h3-4,6-8,11H,1-2H2,(H,9,10)(H2,12,13,14);;;/q;3*+1/p-3/t3-,4-,6+;;;/m1.../s1. The van der Waals surface area contributed by atoms with Gasteiger partial charge in [-0.2, -0.15) is 0 Å². The minimum absolute atomic E-state index is 0. The van der Waals surface area contributed by atoms with Crippen LogP contribution in [0.4, 0.5) is 0 Å². The number of aliphatic hydroxyl groups is 3. The Morgan fingerprint density at radius 3 is 1.84 bits per heavy atom. The number of carbonyl (C=O) groups excluding carboxylic acids is 1. The summed E-state index contributed by atoms with van der Waals surface area (Å²) in [4.78, 5) is 30.0. The minimum Gasteiger partial charge on any atom is -0.790 e. The average Bonchev–Trinajstić information content (AvgIpc) is 2.10. The molecule has 0 heterocycles. The molecule has 0 fully saturated rings. The zero-order chi connectivity index (χ0) is 12.9. The average molecular weight is 326 g/mol. The first kappa shape index (κ1) is 29.5. The van der Waals surface area contributed by atoms with Crippen molar-refractivity contribution in [3.63, 3.8) is 0 Å². The van der Waals surface area contributed by atoms with Gasteiger partial charge in [-0.15, -0.1) is 0 Å². The maximum atomic E-state index is 10.0. The van der Waals surface area contributed by atoms with Crippen LogP contribution in [0.25, 0.3) is 0 Å². The van der Waals surface area contributed by atoms with Crippen LogP contribution in [0.1, 0.15) is 6.42 Å². The monoisotopic (exact) mass is 326 g/mol. The third-order valence-electron chi connectivity index (χ3n) is 1.57. The van der Waals surface area contributed by atoms with E-state index in [0.29, 0.717) is 0 Å². The summed E-state index contributed by atoms with van der Waals surface area (Å²) in [5, 5.41) is 37.1. The van der Waals surface area contributed by atoms with Gasteiger partial charge in [0.2, 0.25) is 0 Å². The first-order chi connectivity index (χ1) is 7.13. The number of hydrogen-bond acceptors (Lipinski definition) is 9. The van der Waals surface area contributed by atoms with E-state index in [2.05, 4.69) is 4.52 Å². The van der Waals surface area contributed by atoms with Crippen molar-refractivity contribution in [3.05, 3.63) is 0 Å². The topological polar surface area (TPSA) is 173 Å². The molecule has 19 heavy (non-hydrogen) atoms. The predicted molar refractivity (Wildman–Crippen MR) is 41.2 cm³/mol. The third kappa shape index (κ3) is 16.7. The molecule has 0 bridgehead atoms. The molecule has 0 saturated carbocycles. The number of phosphoric acid groups is 1. The van der Waals surface area contributed by atoms with Crippen molar-refractivity contribution in [3.8, 4) is 0 Å². The Morgan fingerprint density at radius 2 is 1.53 bits per heavy atom. The summed E-state index contributed by atoms with van der Waals surface area (Å²) >= 11 is 0. The van der Waals surface area contributed by atoms with E-state index in [9.17, 15) is 24.3 Å². The molecule has 0 aliphatic rings. The molecule has 0 unspecified atom stereocenters. The summed E-state index contributed by atoms with van der Waals surface area (Å²) < 4.78 is 13.6. The smallest absolute Gasteiger partial charge is 0.790 e. The maximum Gasteiger partial charge on any atom is 1.00 e. The van der Waals surface area contributed by atoms with Crippen molar-refractivity contribution in [2.45, 2.75) is 24.7 Å². The number of aliphatic hydroxyl groups excluding tert-OH is 3. The number of aliphatic carboxylic acids is 1. The van der Waals surface area contributed by atoms with Crippen LogP contribution in [0.5, 0.6) is 0 Å². The van der Waals surface area contributed by atoms with Crippen molar-refractivity contribution in [1.82, 2.24) is 0 Å². The quantitative estimate of drug-likeness (QED) is 0.303. The van der Waals surface area contributed by atoms with Gasteiger partial charge in [0.1, 0.15) is 12.2 Å². The number of carbonyl (C=O) groups is 1. The molecule has 0 saturated heterocycles. The zero-order valence-electron chi connectivity index (χ0n) is 10.9. The van der Waals surface area contributed by atoms with E-state index in [1.165, 1.54) is 0 Å². The molecular weight excluding hydrogens is 316 g/mol. The van der Waals surface area contributed by atoms with Crippen molar-refractivity contribution in [1.29, 1.82) is 0 Å². The fraction of sp³-hybridized carbons (Fsp3) is 0.833. The van der Waals surface area contributed by atoms with E-state index >= 15 is 0 Å². The fourth-order valence-electron chi connectivity index (χ4n) is 0.814. The molecule has 3 N–H and O–H groups in total. The van der Waals surface area contributed by atoms with Crippen molar-refractivity contribution in [2.75, 3.05) is 6.61 Å². The molecule has 0 radical (unpaired) electrons. The Hall–Kier alpha value is 2.46. The van der Waals surface area contributed by atoms with Gasteiger partial charge in [0.25, 0.3) is 0 Å². The molecule has 0 spiro atoms. The van der Waals surface area contributed by atoms with Crippen molar-refractivity contribution >= 4 is 13.8 Å². The van der Waals surface area contributed by atoms with E-state index in [1.54, 1.807) is 0 Å². The van der Waals surface area contributed by atoms with Crippen molar-refractivity contribution < 1.29 is 133 Å². The molecule has 13 heteroatoms. The van der Waals surface area contributed by atoms with Crippen LogP contribution in [0.3, 0.4) is 0 Å². The molecule has 0 amide bonds. The Bertz CT molecular complexity index is 285. The zero-order valence-corrected chi connectivity index (χ0v) is 17.8. The summed E-state index contributed by atoms with van der Waals surface area (Å²) in [5.74, 6) is -1.67. The summed E-state index contributed by atoms with van der Waals surface area (Å²) in [6, 6.07) is 0. The van der Waals surface area contributed by atoms with Crippen LogP contribution < -0.4 is 104 Å². The Labute approximate surface area is 175 Å². The normalized spacial score (nSPS) is 15.0.